The molecule has 4 aromatic carbocycles. The lowest BCUT2D eigenvalue weighted by Crippen LogP contribution is -2.38. The van der Waals surface area contributed by atoms with Crippen molar-refractivity contribution in [3.63, 3.8) is 0 Å². The number of morpholine rings is 1. The lowest BCUT2D eigenvalue weighted by molar-refractivity contribution is 0.0322. The second-order valence-corrected chi connectivity index (χ2v) is 10.1. The fourth-order valence-electron chi connectivity index (χ4n) is 4.71. The Labute approximate surface area is 240 Å². The van der Waals surface area contributed by atoms with Crippen LogP contribution in [0.5, 0.6) is 11.5 Å². The van der Waals surface area contributed by atoms with Crippen LogP contribution in [0.4, 0.5) is 0 Å². The summed E-state index contributed by atoms with van der Waals surface area (Å²) in [5.41, 5.74) is 5.83. The molecule has 0 atom stereocenters. The van der Waals surface area contributed by atoms with Crippen molar-refractivity contribution >= 4 is 28.7 Å². The van der Waals surface area contributed by atoms with E-state index in [0.29, 0.717) is 22.9 Å². The van der Waals surface area contributed by atoms with E-state index in [1.165, 1.54) is 0 Å². The Bertz CT molecular complexity index is 1430. The SMILES string of the molecule is C/C(=C(\c1ccc(OCCN2CCOCC2)cc1)c1ccc(OC(=O)c2ccccc2)cc1)c1ccc(Cl)cc1. The highest BCUT2D eigenvalue weighted by molar-refractivity contribution is 6.30. The molecule has 0 amide bonds. The monoisotopic (exact) mass is 553 g/mol. The summed E-state index contributed by atoms with van der Waals surface area (Å²) in [6.07, 6.45) is 0. The quantitative estimate of drug-likeness (QED) is 0.124. The van der Waals surface area contributed by atoms with Crippen molar-refractivity contribution in [2.75, 3.05) is 39.5 Å². The number of halogens is 1. The van der Waals surface area contributed by atoms with E-state index in [9.17, 15) is 4.79 Å². The van der Waals surface area contributed by atoms with Gasteiger partial charge < -0.3 is 14.2 Å². The largest absolute Gasteiger partial charge is 0.492 e. The first-order chi connectivity index (χ1) is 19.6. The van der Waals surface area contributed by atoms with Crippen molar-refractivity contribution in [3.8, 4) is 11.5 Å². The van der Waals surface area contributed by atoms with Gasteiger partial charge in [-0.15, -0.1) is 0 Å². The lowest BCUT2D eigenvalue weighted by atomic mass is 9.90. The molecule has 5 rings (SSSR count). The van der Waals surface area contributed by atoms with Gasteiger partial charge in [0.15, 0.2) is 0 Å². The van der Waals surface area contributed by atoms with Gasteiger partial charge in [0.2, 0.25) is 0 Å². The molecule has 0 bridgehead atoms. The van der Waals surface area contributed by atoms with Crippen LogP contribution in [0.25, 0.3) is 11.1 Å². The van der Waals surface area contributed by atoms with E-state index in [2.05, 4.69) is 24.0 Å². The number of hydrogen-bond acceptors (Lipinski definition) is 5. The zero-order valence-electron chi connectivity index (χ0n) is 22.5. The molecule has 1 aliphatic heterocycles. The number of allylic oxidation sites excluding steroid dienone is 1. The van der Waals surface area contributed by atoms with Crippen LogP contribution >= 0.6 is 11.6 Å². The molecule has 0 spiro atoms. The molecule has 1 aliphatic rings. The van der Waals surface area contributed by atoms with Crippen LogP contribution < -0.4 is 9.47 Å². The van der Waals surface area contributed by atoms with Crippen molar-refractivity contribution in [2.24, 2.45) is 0 Å². The Balaban J connectivity index is 1.36. The third-order valence-corrected chi connectivity index (χ3v) is 7.19. The zero-order chi connectivity index (χ0) is 27.7. The number of carbonyl (C=O) groups excluding carboxylic acids is 1. The first-order valence-electron chi connectivity index (χ1n) is 13.4. The van der Waals surface area contributed by atoms with Gasteiger partial charge in [-0.1, -0.05) is 66.2 Å². The summed E-state index contributed by atoms with van der Waals surface area (Å²) in [5, 5.41) is 0.696. The third kappa shape index (κ3) is 7.19. The summed E-state index contributed by atoms with van der Waals surface area (Å²) in [6, 6.07) is 32.6. The second kappa shape index (κ2) is 13.4. The van der Waals surface area contributed by atoms with Crippen LogP contribution in [-0.2, 0) is 4.74 Å². The van der Waals surface area contributed by atoms with Crippen molar-refractivity contribution in [1.29, 1.82) is 0 Å². The number of rotatable bonds is 9. The zero-order valence-corrected chi connectivity index (χ0v) is 23.3. The minimum absolute atomic E-state index is 0.384. The maximum absolute atomic E-state index is 12.5. The van der Waals surface area contributed by atoms with Crippen LogP contribution in [0.2, 0.25) is 5.02 Å². The molecule has 0 N–H and O–H groups in total. The summed E-state index contributed by atoms with van der Waals surface area (Å²) < 4.78 is 17.1. The van der Waals surface area contributed by atoms with Gasteiger partial charge in [-0.25, -0.2) is 4.79 Å². The topological polar surface area (TPSA) is 48.0 Å². The van der Waals surface area contributed by atoms with E-state index < -0.39 is 0 Å². The second-order valence-electron chi connectivity index (χ2n) is 9.61. The Morgan fingerprint density at radius 2 is 1.32 bits per heavy atom. The molecule has 204 valence electrons. The number of nitrogens with zero attached hydrogens (tertiary/aromatic N) is 1. The molecular formula is C34H32ClNO4. The summed E-state index contributed by atoms with van der Waals surface area (Å²) in [5.74, 6) is 0.944. The number of ether oxygens (including phenoxy) is 3. The van der Waals surface area contributed by atoms with E-state index in [1.807, 2.05) is 78.9 Å². The maximum Gasteiger partial charge on any atom is 0.343 e. The first-order valence-corrected chi connectivity index (χ1v) is 13.8. The molecule has 1 saturated heterocycles. The fourth-order valence-corrected chi connectivity index (χ4v) is 4.83. The van der Waals surface area contributed by atoms with Gasteiger partial charge >= 0.3 is 5.97 Å². The average molecular weight is 554 g/mol. The van der Waals surface area contributed by atoms with Gasteiger partial charge in [-0.2, -0.15) is 0 Å². The van der Waals surface area contributed by atoms with Crippen LogP contribution in [-0.4, -0.2) is 50.3 Å². The van der Waals surface area contributed by atoms with E-state index in [-0.39, 0.29) is 5.97 Å². The van der Waals surface area contributed by atoms with Gasteiger partial charge in [-0.05, 0) is 83.3 Å². The van der Waals surface area contributed by atoms with Gasteiger partial charge in [0.1, 0.15) is 18.1 Å². The highest BCUT2D eigenvalue weighted by atomic mass is 35.5. The first kappa shape index (κ1) is 27.7. The minimum Gasteiger partial charge on any atom is -0.492 e. The molecule has 5 nitrogen and oxygen atoms in total. The molecule has 0 saturated carbocycles. The molecule has 1 fully saturated rings. The van der Waals surface area contributed by atoms with Crippen LogP contribution in [0.3, 0.4) is 0 Å². The fraction of sp³-hybridized carbons (Fsp3) is 0.206. The molecule has 0 unspecified atom stereocenters. The van der Waals surface area contributed by atoms with E-state index in [1.54, 1.807) is 12.1 Å². The summed E-state index contributed by atoms with van der Waals surface area (Å²) in [7, 11) is 0. The Kier molecular flexibility index (Phi) is 9.30. The standard InChI is InChI=1S/C34H32ClNO4/c1-25(26-7-13-30(35)14-8-26)33(27-9-15-31(16-10-27)39-24-21-36-19-22-38-23-20-36)28-11-17-32(18-12-28)40-34(37)29-5-3-2-4-6-29/h2-18H,19-24H2,1H3/b33-25-. The van der Waals surface area contributed by atoms with E-state index in [4.69, 9.17) is 25.8 Å². The molecule has 1 heterocycles. The highest BCUT2D eigenvalue weighted by Crippen LogP contribution is 2.34. The lowest BCUT2D eigenvalue weighted by Gasteiger charge is -2.26. The molecule has 0 aliphatic carbocycles. The van der Waals surface area contributed by atoms with Gasteiger partial charge in [0, 0.05) is 24.7 Å². The van der Waals surface area contributed by atoms with E-state index in [0.717, 1.165) is 66.4 Å². The predicted octanol–water partition coefficient (Wildman–Crippen LogP) is 7.25. The smallest absolute Gasteiger partial charge is 0.343 e. The Morgan fingerprint density at radius 1 is 0.750 bits per heavy atom. The Morgan fingerprint density at radius 3 is 1.95 bits per heavy atom. The Hall–Kier alpha value is -3.90. The van der Waals surface area contributed by atoms with Crippen LogP contribution in [0.15, 0.2) is 103 Å². The summed E-state index contributed by atoms with van der Waals surface area (Å²) in [6.45, 7) is 7.09. The predicted molar refractivity (Wildman–Crippen MR) is 160 cm³/mol. The number of carbonyl (C=O) groups is 1. The van der Waals surface area contributed by atoms with Crippen LogP contribution in [0, 0.1) is 0 Å². The molecule has 4 aromatic rings. The molecule has 40 heavy (non-hydrogen) atoms. The number of benzene rings is 4. The van der Waals surface area contributed by atoms with Gasteiger partial charge in [0.25, 0.3) is 0 Å². The third-order valence-electron chi connectivity index (χ3n) is 6.94. The van der Waals surface area contributed by atoms with Gasteiger partial charge in [0.05, 0.1) is 18.8 Å². The maximum atomic E-state index is 12.5. The van der Waals surface area contributed by atoms with Crippen molar-refractivity contribution in [2.45, 2.75) is 6.92 Å². The molecule has 0 aromatic heterocycles. The highest BCUT2D eigenvalue weighted by Gasteiger charge is 2.14. The molecular weight excluding hydrogens is 522 g/mol. The summed E-state index contributed by atoms with van der Waals surface area (Å²) >= 11 is 6.16. The minimum atomic E-state index is -0.384. The molecule has 6 heteroatoms. The van der Waals surface area contributed by atoms with Gasteiger partial charge in [-0.3, -0.25) is 4.90 Å². The molecule has 0 radical (unpaired) electrons. The van der Waals surface area contributed by atoms with Crippen molar-refractivity contribution < 1.29 is 19.0 Å². The summed E-state index contributed by atoms with van der Waals surface area (Å²) in [4.78, 5) is 14.9. The number of esters is 1. The number of hydrogen-bond donors (Lipinski definition) is 0. The van der Waals surface area contributed by atoms with E-state index >= 15 is 0 Å². The average Bonchev–Trinajstić information content (AvgIpc) is 3.00. The van der Waals surface area contributed by atoms with Crippen LogP contribution in [0.1, 0.15) is 34.0 Å². The van der Waals surface area contributed by atoms with Crippen molar-refractivity contribution in [1.82, 2.24) is 4.90 Å². The normalized spacial score (nSPS) is 14.3. The van der Waals surface area contributed by atoms with Crippen molar-refractivity contribution in [3.05, 3.63) is 130 Å².